The first-order chi connectivity index (χ1) is 14.0. The lowest BCUT2D eigenvalue weighted by atomic mass is 10.2. The van der Waals surface area contributed by atoms with E-state index in [-0.39, 0.29) is 24.0 Å². The maximum absolute atomic E-state index is 13.0. The maximum atomic E-state index is 13.0. The third kappa shape index (κ3) is 4.22. The number of hydrogen-bond acceptors (Lipinski definition) is 4. The first-order valence-corrected chi connectivity index (χ1v) is 9.31. The first-order valence-electron chi connectivity index (χ1n) is 8.93. The molecule has 2 heterocycles. The highest BCUT2D eigenvalue weighted by Crippen LogP contribution is 2.28. The zero-order chi connectivity index (χ0) is 20.4. The van der Waals surface area contributed by atoms with Gasteiger partial charge in [0.2, 0.25) is 0 Å². The molecule has 0 atom stereocenters. The standard InChI is InChI=1S/C22H17ClFN3O2/c1-13-2-7-16(10-18(13)23)26-21-17-8-9-29-20(17)11-19(27-21)22(28)25-12-14-3-5-15(24)6-4-14/h2-11H,12H2,1H3,(H,25,28)(H,26,27). The molecule has 2 N–H and O–H groups in total. The lowest BCUT2D eigenvalue weighted by molar-refractivity contribution is 0.0946. The first kappa shape index (κ1) is 19.0. The average Bonchev–Trinajstić information content (AvgIpc) is 3.19. The van der Waals surface area contributed by atoms with Gasteiger partial charge < -0.3 is 15.1 Å². The molecule has 0 saturated heterocycles. The van der Waals surface area contributed by atoms with Crippen molar-refractivity contribution in [2.45, 2.75) is 13.5 Å². The molecule has 0 radical (unpaired) electrons. The van der Waals surface area contributed by atoms with Crippen LogP contribution in [0.3, 0.4) is 0 Å². The molecule has 0 aliphatic rings. The number of nitrogens with one attached hydrogen (secondary N) is 2. The SMILES string of the molecule is Cc1ccc(Nc2nc(C(=O)NCc3ccc(F)cc3)cc3occc23)cc1Cl. The number of fused-ring (bicyclic) bond motifs is 1. The Balaban J connectivity index is 1.58. The van der Waals surface area contributed by atoms with Gasteiger partial charge in [0.15, 0.2) is 0 Å². The molecule has 7 heteroatoms. The van der Waals surface area contributed by atoms with Crippen LogP contribution in [-0.4, -0.2) is 10.9 Å². The number of aryl methyl sites for hydroxylation is 1. The van der Waals surface area contributed by atoms with E-state index in [0.717, 1.165) is 22.2 Å². The number of pyridine rings is 1. The number of furan rings is 1. The molecule has 0 saturated carbocycles. The van der Waals surface area contributed by atoms with Crippen molar-refractivity contribution in [3.05, 3.63) is 88.5 Å². The minimum atomic E-state index is -0.363. The van der Waals surface area contributed by atoms with Gasteiger partial charge in [-0.25, -0.2) is 9.37 Å². The molecular formula is C22H17ClFN3O2. The number of carbonyl (C=O) groups is 1. The van der Waals surface area contributed by atoms with Crippen molar-refractivity contribution in [1.29, 1.82) is 0 Å². The quantitative estimate of drug-likeness (QED) is 0.450. The number of carbonyl (C=O) groups excluding carboxylic acids is 1. The number of benzene rings is 2. The normalized spacial score (nSPS) is 10.9. The van der Waals surface area contributed by atoms with Crippen molar-refractivity contribution in [3.63, 3.8) is 0 Å². The van der Waals surface area contributed by atoms with Crippen molar-refractivity contribution in [2.75, 3.05) is 5.32 Å². The highest BCUT2D eigenvalue weighted by Gasteiger charge is 2.14. The third-order valence-corrected chi connectivity index (χ3v) is 4.89. The Morgan fingerprint density at radius 1 is 1.14 bits per heavy atom. The summed E-state index contributed by atoms with van der Waals surface area (Å²) in [4.78, 5) is 17.1. The zero-order valence-electron chi connectivity index (χ0n) is 15.5. The second kappa shape index (κ2) is 7.93. The number of halogens is 2. The fourth-order valence-electron chi connectivity index (χ4n) is 2.86. The molecule has 1 amide bonds. The molecule has 4 aromatic rings. The van der Waals surface area contributed by atoms with Gasteiger partial charge in [-0.05, 0) is 48.4 Å². The van der Waals surface area contributed by atoms with Crippen molar-refractivity contribution < 1.29 is 13.6 Å². The third-order valence-electron chi connectivity index (χ3n) is 4.48. The van der Waals surface area contributed by atoms with Crippen LogP contribution in [0.25, 0.3) is 11.0 Å². The van der Waals surface area contributed by atoms with E-state index in [1.165, 1.54) is 12.1 Å². The molecule has 0 aliphatic heterocycles. The smallest absolute Gasteiger partial charge is 0.270 e. The Bertz CT molecular complexity index is 1190. The van der Waals surface area contributed by atoms with Crippen LogP contribution in [0.1, 0.15) is 21.6 Å². The summed E-state index contributed by atoms with van der Waals surface area (Å²) in [7, 11) is 0. The van der Waals surface area contributed by atoms with Gasteiger partial charge in [-0.15, -0.1) is 0 Å². The lowest BCUT2D eigenvalue weighted by Gasteiger charge is -2.10. The number of aromatic nitrogens is 1. The topological polar surface area (TPSA) is 67.2 Å². The van der Waals surface area contributed by atoms with Crippen LogP contribution in [0, 0.1) is 12.7 Å². The summed E-state index contributed by atoms with van der Waals surface area (Å²) < 4.78 is 18.5. The minimum absolute atomic E-state index is 0.204. The summed E-state index contributed by atoms with van der Waals surface area (Å²) in [6, 6.07) is 14.9. The molecule has 2 aromatic heterocycles. The van der Waals surface area contributed by atoms with E-state index in [0.29, 0.717) is 16.4 Å². The second-order valence-electron chi connectivity index (χ2n) is 6.59. The Labute approximate surface area is 171 Å². The van der Waals surface area contributed by atoms with Crippen molar-refractivity contribution in [1.82, 2.24) is 10.3 Å². The summed E-state index contributed by atoms with van der Waals surface area (Å²) in [6.07, 6.45) is 1.54. The van der Waals surface area contributed by atoms with E-state index in [2.05, 4.69) is 15.6 Å². The Morgan fingerprint density at radius 3 is 2.69 bits per heavy atom. The summed E-state index contributed by atoms with van der Waals surface area (Å²) in [5, 5.41) is 7.36. The second-order valence-corrected chi connectivity index (χ2v) is 6.99. The van der Waals surface area contributed by atoms with E-state index < -0.39 is 0 Å². The van der Waals surface area contributed by atoms with Gasteiger partial charge in [0.1, 0.15) is 22.9 Å². The summed E-state index contributed by atoms with van der Waals surface area (Å²) in [5.41, 5.74) is 3.24. The highest BCUT2D eigenvalue weighted by molar-refractivity contribution is 6.31. The van der Waals surface area contributed by atoms with Gasteiger partial charge in [0, 0.05) is 23.3 Å². The molecule has 0 aliphatic carbocycles. The van der Waals surface area contributed by atoms with Crippen LogP contribution in [-0.2, 0) is 6.54 Å². The van der Waals surface area contributed by atoms with Crippen LogP contribution in [0.2, 0.25) is 5.02 Å². The zero-order valence-corrected chi connectivity index (χ0v) is 16.3. The van der Waals surface area contributed by atoms with Gasteiger partial charge in [-0.3, -0.25) is 4.79 Å². The van der Waals surface area contributed by atoms with Crippen LogP contribution >= 0.6 is 11.6 Å². The van der Waals surface area contributed by atoms with Crippen molar-refractivity contribution in [2.24, 2.45) is 0 Å². The Hall–Kier alpha value is -3.38. The van der Waals surface area contributed by atoms with E-state index in [1.54, 1.807) is 36.6 Å². The van der Waals surface area contributed by atoms with Gasteiger partial charge in [-0.1, -0.05) is 29.8 Å². The molecular weight excluding hydrogens is 393 g/mol. The van der Waals surface area contributed by atoms with Crippen LogP contribution in [0.4, 0.5) is 15.9 Å². The van der Waals surface area contributed by atoms with Gasteiger partial charge in [-0.2, -0.15) is 0 Å². The van der Waals surface area contributed by atoms with E-state index in [4.69, 9.17) is 16.0 Å². The highest BCUT2D eigenvalue weighted by atomic mass is 35.5. The van der Waals surface area contributed by atoms with Crippen LogP contribution < -0.4 is 10.6 Å². The predicted molar refractivity (Wildman–Crippen MR) is 111 cm³/mol. The average molecular weight is 410 g/mol. The minimum Gasteiger partial charge on any atom is -0.464 e. The number of rotatable bonds is 5. The number of anilines is 2. The monoisotopic (exact) mass is 409 g/mol. The summed E-state index contributed by atoms with van der Waals surface area (Å²) in [5.74, 6) is -0.197. The summed E-state index contributed by atoms with van der Waals surface area (Å²) in [6.45, 7) is 2.18. The molecule has 2 aromatic carbocycles. The van der Waals surface area contributed by atoms with Crippen LogP contribution in [0.15, 0.2) is 65.3 Å². The number of amides is 1. The van der Waals surface area contributed by atoms with Crippen molar-refractivity contribution in [3.8, 4) is 0 Å². The molecule has 5 nitrogen and oxygen atoms in total. The molecule has 146 valence electrons. The Kier molecular flexibility index (Phi) is 5.18. The van der Waals surface area contributed by atoms with Gasteiger partial charge in [0.25, 0.3) is 5.91 Å². The summed E-state index contributed by atoms with van der Waals surface area (Å²) >= 11 is 6.20. The molecule has 0 bridgehead atoms. The molecule has 4 rings (SSSR count). The van der Waals surface area contributed by atoms with Crippen molar-refractivity contribution >= 4 is 40.0 Å². The molecule has 0 fully saturated rings. The fraction of sp³-hybridized carbons (Fsp3) is 0.0909. The largest absolute Gasteiger partial charge is 0.464 e. The molecule has 0 spiro atoms. The van der Waals surface area contributed by atoms with Gasteiger partial charge >= 0.3 is 0 Å². The van der Waals surface area contributed by atoms with Crippen LogP contribution in [0.5, 0.6) is 0 Å². The Morgan fingerprint density at radius 2 is 1.93 bits per heavy atom. The van der Waals surface area contributed by atoms with Gasteiger partial charge in [0.05, 0.1) is 11.6 Å². The van der Waals surface area contributed by atoms with E-state index >= 15 is 0 Å². The number of nitrogens with zero attached hydrogens (tertiary/aromatic N) is 1. The maximum Gasteiger partial charge on any atom is 0.270 e. The number of hydrogen-bond donors (Lipinski definition) is 2. The fourth-order valence-corrected chi connectivity index (χ4v) is 3.04. The predicted octanol–water partition coefficient (Wildman–Crippen LogP) is 5.60. The molecule has 0 unspecified atom stereocenters. The lowest BCUT2D eigenvalue weighted by Crippen LogP contribution is -2.24. The van der Waals surface area contributed by atoms with E-state index in [1.807, 2.05) is 19.1 Å². The van der Waals surface area contributed by atoms with E-state index in [9.17, 15) is 9.18 Å². The molecule has 29 heavy (non-hydrogen) atoms.